The van der Waals surface area contributed by atoms with Gasteiger partial charge in [0.1, 0.15) is 0 Å². The summed E-state index contributed by atoms with van der Waals surface area (Å²) < 4.78 is 0. The topological polar surface area (TPSA) is 20.3 Å². The molecule has 2 aliphatic carbocycles. The van der Waals surface area contributed by atoms with E-state index >= 15 is 0 Å². The molecule has 2 aliphatic heterocycles. The zero-order valence-corrected chi connectivity index (χ0v) is 12.5. The second kappa shape index (κ2) is 4.09. The molecule has 0 N–H and O–H groups in total. The van der Waals surface area contributed by atoms with Crippen LogP contribution in [-0.2, 0) is 4.79 Å². The number of allylic oxidation sites excluding steroid dienone is 4. The molecule has 0 spiro atoms. The number of amides is 1. The van der Waals surface area contributed by atoms with Crippen LogP contribution in [0.3, 0.4) is 0 Å². The van der Waals surface area contributed by atoms with Crippen LogP contribution in [0.2, 0.25) is 0 Å². The molecule has 4 aliphatic rings. The molecule has 20 heavy (non-hydrogen) atoms. The van der Waals surface area contributed by atoms with E-state index < -0.39 is 0 Å². The van der Waals surface area contributed by atoms with Crippen LogP contribution < -0.4 is 0 Å². The van der Waals surface area contributed by atoms with Crippen molar-refractivity contribution in [2.45, 2.75) is 58.4 Å². The van der Waals surface area contributed by atoms with Crippen LogP contribution in [0, 0.1) is 11.3 Å². The fourth-order valence-electron chi connectivity index (χ4n) is 4.54. The van der Waals surface area contributed by atoms with E-state index in [0.29, 0.717) is 24.3 Å². The number of piperidine rings is 1. The van der Waals surface area contributed by atoms with Crippen LogP contribution in [0.15, 0.2) is 35.1 Å². The van der Waals surface area contributed by atoms with Crippen LogP contribution in [0.1, 0.15) is 52.4 Å². The summed E-state index contributed by atoms with van der Waals surface area (Å²) in [7, 11) is 0. The lowest BCUT2D eigenvalue weighted by molar-refractivity contribution is -0.132. The van der Waals surface area contributed by atoms with Gasteiger partial charge in [0.2, 0.25) is 5.91 Å². The van der Waals surface area contributed by atoms with E-state index in [4.69, 9.17) is 0 Å². The van der Waals surface area contributed by atoms with Crippen molar-refractivity contribution in [1.82, 2.24) is 4.90 Å². The van der Waals surface area contributed by atoms with E-state index in [-0.39, 0.29) is 5.41 Å². The maximum atomic E-state index is 12.5. The fourth-order valence-corrected chi connectivity index (χ4v) is 4.54. The molecule has 2 atom stereocenters. The summed E-state index contributed by atoms with van der Waals surface area (Å²) in [5.41, 5.74) is 4.28. The van der Waals surface area contributed by atoms with E-state index in [1.54, 1.807) is 0 Å². The Balaban J connectivity index is 1.88. The molecule has 2 heteroatoms. The number of rotatable bonds is 0. The number of fused-ring (bicyclic) bond motifs is 3. The lowest BCUT2D eigenvalue weighted by Crippen LogP contribution is -2.42. The molecule has 1 amide bonds. The number of hydrogen-bond donors (Lipinski definition) is 0. The second-order valence-corrected chi connectivity index (χ2v) is 7.35. The van der Waals surface area contributed by atoms with Crippen molar-refractivity contribution in [1.29, 1.82) is 0 Å². The Morgan fingerprint density at radius 3 is 2.85 bits per heavy atom. The summed E-state index contributed by atoms with van der Waals surface area (Å²) in [6.07, 6.45) is 13.7. The van der Waals surface area contributed by atoms with Gasteiger partial charge in [0, 0.05) is 23.8 Å². The van der Waals surface area contributed by atoms with Crippen molar-refractivity contribution in [3.8, 4) is 0 Å². The number of hydrogen-bond acceptors (Lipinski definition) is 1. The standard InChI is InChI=1S/C18H23NO/c1-18(2)10-9-14-13-5-3-4-6-15(13)19-16(20)8-7-12(11-18)17(14)19/h9-11,13,15H,3-8H2,1-2H3. The molecule has 2 heterocycles. The summed E-state index contributed by atoms with van der Waals surface area (Å²) in [6.45, 7) is 4.52. The van der Waals surface area contributed by atoms with Gasteiger partial charge in [-0.2, -0.15) is 0 Å². The highest BCUT2D eigenvalue weighted by molar-refractivity contribution is 5.84. The third-order valence-electron chi connectivity index (χ3n) is 5.39. The van der Waals surface area contributed by atoms with Crippen LogP contribution in [0.25, 0.3) is 0 Å². The van der Waals surface area contributed by atoms with E-state index in [2.05, 4.69) is 37.0 Å². The van der Waals surface area contributed by atoms with Gasteiger partial charge in [-0.3, -0.25) is 4.79 Å². The van der Waals surface area contributed by atoms with Crippen LogP contribution >= 0.6 is 0 Å². The Kier molecular flexibility index (Phi) is 2.55. The molecular weight excluding hydrogens is 246 g/mol. The third-order valence-corrected chi connectivity index (χ3v) is 5.39. The van der Waals surface area contributed by atoms with Crippen molar-refractivity contribution >= 4 is 5.91 Å². The normalized spacial score (nSPS) is 34.6. The molecule has 0 bridgehead atoms. The monoisotopic (exact) mass is 269 g/mol. The number of nitrogens with zero attached hydrogens (tertiary/aromatic N) is 1. The van der Waals surface area contributed by atoms with Crippen molar-refractivity contribution in [2.75, 3.05) is 0 Å². The second-order valence-electron chi connectivity index (χ2n) is 7.35. The molecule has 0 aromatic heterocycles. The molecule has 2 nitrogen and oxygen atoms in total. The smallest absolute Gasteiger partial charge is 0.227 e. The van der Waals surface area contributed by atoms with Gasteiger partial charge < -0.3 is 4.90 Å². The molecule has 106 valence electrons. The van der Waals surface area contributed by atoms with Crippen molar-refractivity contribution in [2.24, 2.45) is 11.3 Å². The van der Waals surface area contributed by atoms with Crippen LogP contribution in [0.4, 0.5) is 0 Å². The molecule has 2 unspecified atom stereocenters. The largest absolute Gasteiger partial charge is 0.308 e. The molecule has 0 aromatic rings. The average molecular weight is 269 g/mol. The summed E-state index contributed by atoms with van der Waals surface area (Å²) in [5.74, 6) is 0.950. The Hall–Kier alpha value is -1.31. The van der Waals surface area contributed by atoms with Crippen molar-refractivity contribution in [3.63, 3.8) is 0 Å². The molecule has 1 saturated heterocycles. The Labute approximate surface area is 121 Å². The molecule has 0 radical (unpaired) electrons. The van der Waals surface area contributed by atoms with E-state index in [1.165, 1.54) is 42.5 Å². The minimum Gasteiger partial charge on any atom is -0.308 e. The maximum Gasteiger partial charge on any atom is 0.227 e. The SMILES string of the molecule is CC1(C)C=CC2=C3C(=C1)CCC(=O)N3C1CCCCC21. The van der Waals surface area contributed by atoms with E-state index in [9.17, 15) is 4.79 Å². The van der Waals surface area contributed by atoms with Gasteiger partial charge in [-0.05, 0) is 30.4 Å². The van der Waals surface area contributed by atoms with Gasteiger partial charge in [-0.25, -0.2) is 0 Å². The zero-order valence-electron chi connectivity index (χ0n) is 12.5. The van der Waals surface area contributed by atoms with Gasteiger partial charge in [0.05, 0.1) is 5.70 Å². The first-order chi connectivity index (χ1) is 9.57. The molecule has 1 saturated carbocycles. The quantitative estimate of drug-likeness (QED) is 0.652. The highest BCUT2D eigenvalue weighted by atomic mass is 16.2. The third kappa shape index (κ3) is 1.66. The predicted molar refractivity (Wildman–Crippen MR) is 79.9 cm³/mol. The number of carbonyl (C=O) groups excluding carboxylic acids is 1. The maximum absolute atomic E-state index is 12.5. The molecule has 4 rings (SSSR count). The highest BCUT2D eigenvalue weighted by Crippen LogP contribution is 2.50. The number of carbonyl (C=O) groups is 1. The first kappa shape index (κ1) is 12.4. The minimum absolute atomic E-state index is 0.107. The Morgan fingerprint density at radius 2 is 2.00 bits per heavy atom. The summed E-state index contributed by atoms with van der Waals surface area (Å²) in [5, 5.41) is 0. The molecule has 2 fully saturated rings. The summed E-state index contributed by atoms with van der Waals surface area (Å²) >= 11 is 0. The van der Waals surface area contributed by atoms with Crippen molar-refractivity contribution < 1.29 is 4.79 Å². The predicted octanol–water partition coefficient (Wildman–Crippen LogP) is 3.96. The fraction of sp³-hybridized carbons (Fsp3) is 0.611. The lowest BCUT2D eigenvalue weighted by Gasteiger charge is -2.37. The minimum atomic E-state index is 0.107. The van der Waals surface area contributed by atoms with Crippen LogP contribution in [0.5, 0.6) is 0 Å². The van der Waals surface area contributed by atoms with Gasteiger partial charge in [0.25, 0.3) is 0 Å². The van der Waals surface area contributed by atoms with Gasteiger partial charge in [-0.15, -0.1) is 0 Å². The first-order valence-electron chi connectivity index (χ1n) is 8.04. The summed E-state index contributed by atoms with van der Waals surface area (Å²) in [6, 6.07) is 0.454. The van der Waals surface area contributed by atoms with Gasteiger partial charge in [0.15, 0.2) is 0 Å². The zero-order chi connectivity index (χ0) is 13.9. The van der Waals surface area contributed by atoms with E-state index in [0.717, 1.165) is 6.42 Å². The molecule has 0 aromatic carbocycles. The Bertz CT molecular complexity index is 564. The van der Waals surface area contributed by atoms with Gasteiger partial charge in [-0.1, -0.05) is 44.9 Å². The summed E-state index contributed by atoms with van der Waals surface area (Å²) in [4.78, 5) is 14.7. The van der Waals surface area contributed by atoms with E-state index in [1.807, 2.05) is 0 Å². The van der Waals surface area contributed by atoms with Crippen molar-refractivity contribution in [3.05, 3.63) is 35.1 Å². The lowest BCUT2D eigenvalue weighted by atomic mass is 9.81. The van der Waals surface area contributed by atoms with Gasteiger partial charge >= 0.3 is 0 Å². The first-order valence-corrected chi connectivity index (χ1v) is 8.04. The highest BCUT2D eigenvalue weighted by Gasteiger charge is 2.46. The molecular formula is C18H23NO. The van der Waals surface area contributed by atoms with Crippen LogP contribution in [-0.4, -0.2) is 16.8 Å². The Morgan fingerprint density at radius 1 is 1.20 bits per heavy atom. The average Bonchev–Trinajstić information content (AvgIpc) is 2.68.